The molecule has 0 aliphatic carbocycles. The van der Waals surface area contributed by atoms with Crippen LogP contribution in [0.3, 0.4) is 0 Å². The highest BCUT2D eigenvalue weighted by Crippen LogP contribution is 2.10. The lowest BCUT2D eigenvalue weighted by Gasteiger charge is -2.05. The first-order valence-electron chi connectivity index (χ1n) is 7.81. The molecular formula is C18H28O4. The van der Waals surface area contributed by atoms with E-state index >= 15 is 0 Å². The maximum Gasteiger partial charge on any atom is 0.115 e. The molecule has 0 aliphatic rings. The topological polar surface area (TPSA) is 69.9 Å². The van der Waals surface area contributed by atoms with Crippen LogP contribution in [-0.4, -0.2) is 40.7 Å². The summed E-state index contributed by atoms with van der Waals surface area (Å²) in [6.07, 6.45) is 6.52. The molecule has 4 heteroatoms. The zero-order chi connectivity index (χ0) is 16.6. The third-order valence-corrected chi connectivity index (χ3v) is 2.88. The fourth-order valence-electron chi connectivity index (χ4n) is 1.64. The predicted octanol–water partition coefficient (Wildman–Crippen LogP) is 1.84. The standard InChI is InChI=1S/C18H28O4/c1-16(2)10-6-5-8-12-17(20)11-7-3-4-9-13-22-15-18(21)14-19/h9,13,16-21H,5-6,8,10,12,14-15H2,1-2H3/b13-9-. The molecule has 0 aromatic rings. The monoisotopic (exact) mass is 308 g/mol. The highest BCUT2D eigenvalue weighted by molar-refractivity contribution is 5.31. The van der Waals surface area contributed by atoms with Gasteiger partial charge in [-0.3, -0.25) is 0 Å². The van der Waals surface area contributed by atoms with E-state index in [4.69, 9.17) is 14.9 Å². The molecule has 0 amide bonds. The molecule has 0 fully saturated rings. The molecule has 2 atom stereocenters. The summed E-state index contributed by atoms with van der Waals surface area (Å²) >= 11 is 0. The van der Waals surface area contributed by atoms with Crippen molar-refractivity contribution in [1.82, 2.24) is 0 Å². The van der Waals surface area contributed by atoms with E-state index in [1.807, 2.05) is 0 Å². The Bertz CT molecular complexity index is 406. The van der Waals surface area contributed by atoms with Gasteiger partial charge in [-0.25, -0.2) is 0 Å². The number of hydrogen-bond acceptors (Lipinski definition) is 4. The predicted molar refractivity (Wildman–Crippen MR) is 87.7 cm³/mol. The SMILES string of the molecule is CC(C)CCCCCC(O)C#CC#C/C=C\OCC(O)CO. The molecule has 0 radical (unpaired) electrons. The number of hydrogen-bond donors (Lipinski definition) is 3. The first-order chi connectivity index (χ1) is 10.6. The van der Waals surface area contributed by atoms with E-state index in [1.54, 1.807) is 0 Å². The van der Waals surface area contributed by atoms with E-state index in [-0.39, 0.29) is 13.2 Å². The van der Waals surface area contributed by atoms with Crippen LogP contribution in [0.15, 0.2) is 12.3 Å². The molecule has 0 saturated heterocycles. The molecule has 3 N–H and O–H groups in total. The Balaban J connectivity index is 3.72. The number of ether oxygens (including phenoxy) is 1. The van der Waals surface area contributed by atoms with E-state index in [2.05, 4.69) is 37.5 Å². The lowest BCUT2D eigenvalue weighted by atomic mass is 10.0. The number of unbranched alkanes of at least 4 members (excludes halogenated alkanes) is 2. The molecular weight excluding hydrogens is 280 g/mol. The Hall–Kier alpha value is -1.46. The largest absolute Gasteiger partial charge is 0.498 e. The van der Waals surface area contributed by atoms with E-state index < -0.39 is 12.2 Å². The molecule has 0 heterocycles. The molecule has 0 bridgehead atoms. The van der Waals surface area contributed by atoms with Crippen molar-refractivity contribution >= 4 is 0 Å². The average Bonchev–Trinajstić information content (AvgIpc) is 2.48. The van der Waals surface area contributed by atoms with Gasteiger partial charge in [0.05, 0.1) is 12.9 Å². The highest BCUT2D eigenvalue weighted by Gasteiger charge is 1.99. The molecule has 0 aromatic carbocycles. The average molecular weight is 308 g/mol. The quantitative estimate of drug-likeness (QED) is 0.327. The maximum absolute atomic E-state index is 9.65. The van der Waals surface area contributed by atoms with Crippen molar-refractivity contribution in [3.05, 3.63) is 12.3 Å². The first-order valence-corrected chi connectivity index (χ1v) is 7.81. The second-order valence-electron chi connectivity index (χ2n) is 5.56. The Morgan fingerprint density at radius 2 is 1.77 bits per heavy atom. The van der Waals surface area contributed by atoms with Gasteiger partial charge in [-0.2, -0.15) is 0 Å². The van der Waals surface area contributed by atoms with E-state index in [1.165, 1.54) is 25.2 Å². The molecule has 124 valence electrons. The summed E-state index contributed by atoms with van der Waals surface area (Å²) in [5.74, 6) is 11.2. The summed E-state index contributed by atoms with van der Waals surface area (Å²) in [6, 6.07) is 0. The molecule has 0 saturated carbocycles. The van der Waals surface area contributed by atoms with Gasteiger partial charge < -0.3 is 20.1 Å². The molecule has 0 aromatic heterocycles. The molecule has 22 heavy (non-hydrogen) atoms. The summed E-state index contributed by atoms with van der Waals surface area (Å²) in [5, 5.41) is 27.2. The summed E-state index contributed by atoms with van der Waals surface area (Å²) < 4.78 is 4.92. The van der Waals surface area contributed by atoms with Crippen LogP contribution in [-0.2, 0) is 4.74 Å². The van der Waals surface area contributed by atoms with Gasteiger partial charge in [0, 0.05) is 6.08 Å². The fourth-order valence-corrected chi connectivity index (χ4v) is 1.64. The van der Waals surface area contributed by atoms with Crippen LogP contribution in [0.5, 0.6) is 0 Å². The molecule has 4 nitrogen and oxygen atoms in total. The van der Waals surface area contributed by atoms with E-state index in [0.717, 1.165) is 18.8 Å². The van der Waals surface area contributed by atoms with Crippen LogP contribution in [0.1, 0.15) is 46.0 Å². The van der Waals surface area contributed by atoms with Crippen LogP contribution in [0.2, 0.25) is 0 Å². The minimum Gasteiger partial charge on any atom is -0.498 e. The minimum atomic E-state index is -0.881. The number of rotatable bonds is 10. The molecule has 0 spiro atoms. The molecule has 0 rings (SSSR count). The van der Waals surface area contributed by atoms with E-state index in [0.29, 0.717) is 6.42 Å². The second-order valence-corrected chi connectivity index (χ2v) is 5.56. The van der Waals surface area contributed by atoms with Gasteiger partial charge in [-0.05, 0) is 30.6 Å². The molecule has 2 unspecified atom stereocenters. The number of aliphatic hydroxyl groups is 3. The second kappa shape index (κ2) is 14.5. The minimum absolute atomic E-state index is 0.0237. The zero-order valence-corrected chi connectivity index (χ0v) is 13.6. The van der Waals surface area contributed by atoms with Gasteiger partial charge in [0.1, 0.15) is 18.8 Å². The number of aliphatic hydroxyl groups excluding tert-OH is 3. The summed E-state index contributed by atoms with van der Waals surface area (Å²) in [5.41, 5.74) is 0. The molecule has 0 aliphatic heterocycles. The number of allylic oxidation sites excluding steroid dienone is 1. The normalized spacial score (nSPS) is 13.2. The van der Waals surface area contributed by atoms with Gasteiger partial charge in [-0.15, -0.1) is 0 Å². The van der Waals surface area contributed by atoms with Crippen molar-refractivity contribution in [3.63, 3.8) is 0 Å². The van der Waals surface area contributed by atoms with Crippen molar-refractivity contribution in [3.8, 4) is 23.7 Å². The zero-order valence-electron chi connectivity index (χ0n) is 13.6. The van der Waals surface area contributed by atoms with E-state index in [9.17, 15) is 5.11 Å². The lowest BCUT2D eigenvalue weighted by molar-refractivity contribution is 0.0385. The van der Waals surface area contributed by atoms with Gasteiger partial charge in [0.2, 0.25) is 0 Å². The van der Waals surface area contributed by atoms with Crippen LogP contribution < -0.4 is 0 Å². The van der Waals surface area contributed by atoms with Crippen LogP contribution >= 0.6 is 0 Å². The maximum atomic E-state index is 9.65. The van der Waals surface area contributed by atoms with Crippen molar-refractivity contribution < 1.29 is 20.1 Å². The first kappa shape index (κ1) is 20.5. The third kappa shape index (κ3) is 14.9. The van der Waals surface area contributed by atoms with Crippen molar-refractivity contribution in [1.29, 1.82) is 0 Å². The van der Waals surface area contributed by atoms with Gasteiger partial charge in [0.15, 0.2) is 0 Å². The summed E-state index contributed by atoms with van der Waals surface area (Å²) in [4.78, 5) is 0. The lowest BCUT2D eigenvalue weighted by Crippen LogP contribution is -2.17. The Labute approximate surface area is 134 Å². The van der Waals surface area contributed by atoms with Crippen LogP contribution in [0.25, 0.3) is 0 Å². The Kier molecular flexibility index (Phi) is 13.5. The summed E-state index contributed by atoms with van der Waals surface area (Å²) in [7, 11) is 0. The van der Waals surface area contributed by atoms with Crippen molar-refractivity contribution in [2.45, 2.75) is 58.2 Å². The third-order valence-electron chi connectivity index (χ3n) is 2.88. The van der Waals surface area contributed by atoms with Gasteiger partial charge >= 0.3 is 0 Å². The smallest absolute Gasteiger partial charge is 0.115 e. The fraction of sp³-hybridized carbons (Fsp3) is 0.667. The van der Waals surface area contributed by atoms with Crippen molar-refractivity contribution in [2.75, 3.05) is 13.2 Å². The van der Waals surface area contributed by atoms with Gasteiger partial charge in [0.25, 0.3) is 0 Å². The Morgan fingerprint density at radius 3 is 2.45 bits per heavy atom. The Morgan fingerprint density at radius 1 is 1.05 bits per heavy atom. The van der Waals surface area contributed by atoms with Crippen LogP contribution in [0, 0.1) is 29.6 Å². The van der Waals surface area contributed by atoms with Crippen molar-refractivity contribution in [2.24, 2.45) is 5.92 Å². The van der Waals surface area contributed by atoms with Crippen LogP contribution in [0.4, 0.5) is 0 Å². The summed E-state index contributed by atoms with van der Waals surface area (Å²) in [6.45, 7) is 4.12. The van der Waals surface area contributed by atoms with Gasteiger partial charge in [-0.1, -0.05) is 45.0 Å². The highest BCUT2D eigenvalue weighted by atomic mass is 16.5.